The van der Waals surface area contributed by atoms with E-state index in [9.17, 15) is 9.59 Å². The van der Waals surface area contributed by atoms with Crippen LogP contribution in [0.25, 0.3) is 43.7 Å². The normalized spacial score (nSPS) is 10.6. The average Bonchev–Trinajstić information content (AvgIpc) is 4.09. The summed E-state index contributed by atoms with van der Waals surface area (Å²) in [6, 6.07) is 34.3. The van der Waals surface area contributed by atoms with Crippen molar-refractivity contribution >= 4 is 34.4 Å². The fourth-order valence-corrected chi connectivity index (χ4v) is 7.35. The van der Waals surface area contributed by atoms with Crippen molar-refractivity contribution < 1.29 is 23.7 Å². The van der Waals surface area contributed by atoms with E-state index in [0.717, 1.165) is 39.7 Å². The van der Waals surface area contributed by atoms with E-state index in [1.54, 1.807) is 48.7 Å². The van der Waals surface area contributed by atoms with Gasteiger partial charge >= 0.3 is 5.97 Å². The summed E-state index contributed by atoms with van der Waals surface area (Å²) in [5.41, 5.74) is 10.2. The molecule has 0 amide bonds. The number of Topliss-reactive ketones (excluding diaryl/α,β-unsaturated/α-hetero) is 1. The minimum Gasteiger partial charge on any atom is -0.478 e. The van der Waals surface area contributed by atoms with Gasteiger partial charge in [-0.05, 0) is 48.7 Å². The van der Waals surface area contributed by atoms with Crippen molar-refractivity contribution in [3.63, 3.8) is 0 Å². The number of benzene rings is 4. The minimum atomic E-state index is -0.975. The Hall–Kier alpha value is -6.48. The molecule has 57 heavy (non-hydrogen) atoms. The van der Waals surface area contributed by atoms with Gasteiger partial charge in [-0.3, -0.25) is 4.79 Å². The van der Waals surface area contributed by atoms with Crippen LogP contribution in [0.3, 0.4) is 0 Å². The van der Waals surface area contributed by atoms with E-state index in [1.165, 1.54) is 28.1 Å². The zero-order valence-electron chi connectivity index (χ0n) is 31.2. The maximum absolute atomic E-state index is 12.6. The number of carboxylic acids is 1. The van der Waals surface area contributed by atoms with Gasteiger partial charge < -0.3 is 19.9 Å². The number of aromatic carboxylic acids is 1. The van der Waals surface area contributed by atoms with E-state index in [0.29, 0.717) is 47.5 Å². The summed E-state index contributed by atoms with van der Waals surface area (Å²) in [5.74, 6) is 0.994. The summed E-state index contributed by atoms with van der Waals surface area (Å²) < 4.78 is 9.83. The minimum absolute atomic E-state index is 0.113. The first kappa shape index (κ1) is 40.2. The Labute approximate surface area is 337 Å². The van der Waals surface area contributed by atoms with Crippen LogP contribution in [0.4, 0.5) is 0 Å². The van der Waals surface area contributed by atoms with Gasteiger partial charge in [0.05, 0.1) is 25.3 Å². The van der Waals surface area contributed by atoms with Gasteiger partial charge in [-0.1, -0.05) is 101 Å². The molecule has 0 radical (unpaired) electrons. The van der Waals surface area contributed by atoms with Gasteiger partial charge in [-0.2, -0.15) is 9.97 Å². The Morgan fingerprint density at radius 1 is 0.632 bits per heavy atom. The molecule has 0 fully saturated rings. The van der Waals surface area contributed by atoms with E-state index in [-0.39, 0.29) is 11.3 Å². The second-order valence-corrected chi connectivity index (χ2v) is 14.8. The van der Waals surface area contributed by atoms with Crippen LogP contribution in [0.5, 0.6) is 0 Å². The molecule has 4 heterocycles. The van der Waals surface area contributed by atoms with Crippen molar-refractivity contribution in [3.8, 4) is 43.7 Å². The van der Waals surface area contributed by atoms with Crippen molar-refractivity contribution in [2.75, 3.05) is 6.54 Å². The Morgan fingerprint density at radius 2 is 1.11 bits per heavy atom. The first-order chi connectivity index (χ1) is 27.7. The molecule has 0 aliphatic heterocycles. The third-order valence-corrected chi connectivity index (χ3v) is 10.5. The molecule has 0 saturated carbocycles. The Bertz CT molecular complexity index is 2510. The van der Waals surface area contributed by atoms with E-state index >= 15 is 0 Å². The summed E-state index contributed by atoms with van der Waals surface area (Å²) in [5, 5.41) is 18.6. The van der Waals surface area contributed by atoms with E-state index in [1.807, 2.05) is 73.1 Å². The number of aromatic nitrogens is 6. The zero-order chi connectivity index (χ0) is 40.0. The molecular formula is C43H39N7O5S2. The number of carbonyl (C=O) groups excluding carboxylic acids is 1. The standard InChI is InChI=1S/C22H19N3O2S.C11H12N2S.C10H8N2O3/c1-15-24-22(25-27-15)18-10-5-9-17(13-18)19(26)11-6-12-21-23-14-20(28-21)16-7-3-2-4-8-16;12-7-6-11-13-8-10(14-11)9-4-2-1-3-5-9;1-6-11-9(12-15-6)7-3-2-4-8(5-7)10(13)14/h2-5,7-10,13-14H,6,11-12H2,1H3;1-5,8H,6-7,12H2;2-5H,1H3,(H,13,14). The number of ketones is 1. The summed E-state index contributed by atoms with van der Waals surface area (Å²) in [7, 11) is 0. The predicted molar refractivity (Wildman–Crippen MR) is 221 cm³/mol. The Morgan fingerprint density at radius 3 is 1.58 bits per heavy atom. The molecule has 8 aromatic rings. The molecule has 0 aliphatic rings. The SMILES string of the molecule is Cc1nc(-c2cccc(C(=O)CCCc3ncc(-c4ccccc4)s3)c2)no1.Cc1nc(-c2cccc(C(=O)O)c2)no1.NCCc1ncc(-c2ccccc2)s1. The van der Waals surface area contributed by atoms with Crippen molar-refractivity contribution in [1.29, 1.82) is 0 Å². The van der Waals surface area contributed by atoms with Crippen molar-refractivity contribution in [1.82, 2.24) is 30.2 Å². The third-order valence-electron chi connectivity index (χ3n) is 8.24. The maximum Gasteiger partial charge on any atom is 0.335 e. The topological polar surface area (TPSA) is 184 Å². The molecular weight excluding hydrogens is 759 g/mol. The third kappa shape index (κ3) is 11.5. The van der Waals surface area contributed by atoms with E-state index < -0.39 is 5.97 Å². The lowest BCUT2D eigenvalue weighted by Gasteiger charge is -2.02. The highest BCUT2D eigenvalue weighted by atomic mass is 32.1. The monoisotopic (exact) mass is 797 g/mol. The maximum atomic E-state index is 12.6. The fourth-order valence-electron chi connectivity index (χ4n) is 5.45. The molecule has 0 aliphatic carbocycles. The smallest absolute Gasteiger partial charge is 0.335 e. The van der Waals surface area contributed by atoms with Crippen LogP contribution in [0.1, 0.15) is 55.4 Å². The van der Waals surface area contributed by atoms with E-state index in [4.69, 9.17) is 19.9 Å². The van der Waals surface area contributed by atoms with Gasteiger partial charge in [0.15, 0.2) is 5.78 Å². The van der Waals surface area contributed by atoms with Gasteiger partial charge in [0.25, 0.3) is 0 Å². The lowest BCUT2D eigenvalue weighted by atomic mass is 10.0. The molecule has 4 aromatic carbocycles. The quantitative estimate of drug-likeness (QED) is 0.112. The second kappa shape index (κ2) is 19.9. The van der Waals surface area contributed by atoms with Gasteiger partial charge in [0.1, 0.15) is 0 Å². The molecule has 0 unspecified atom stereocenters. The van der Waals surface area contributed by atoms with Crippen LogP contribution in [0.2, 0.25) is 0 Å². The Kier molecular flexibility index (Phi) is 14.0. The molecule has 0 bridgehead atoms. The highest BCUT2D eigenvalue weighted by Gasteiger charge is 2.12. The summed E-state index contributed by atoms with van der Waals surface area (Å²) in [6.45, 7) is 4.09. The average molecular weight is 798 g/mol. The van der Waals surface area contributed by atoms with Gasteiger partial charge in [-0.25, -0.2) is 14.8 Å². The van der Waals surface area contributed by atoms with Gasteiger partial charge in [0.2, 0.25) is 23.4 Å². The van der Waals surface area contributed by atoms with Crippen LogP contribution in [0.15, 0.2) is 131 Å². The fraction of sp³-hybridized carbons (Fsp3) is 0.163. The number of nitrogens with zero attached hydrogens (tertiary/aromatic N) is 6. The summed E-state index contributed by atoms with van der Waals surface area (Å²) >= 11 is 3.41. The van der Waals surface area contributed by atoms with Crippen LogP contribution in [-0.2, 0) is 12.8 Å². The number of hydrogen-bond acceptors (Lipinski definition) is 13. The zero-order valence-corrected chi connectivity index (χ0v) is 32.9. The van der Waals surface area contributed by atoms with Gasteiger partial charge in [-0.15, -0.1) is 22.7 Å². The number of nitrogens with two attached hydrogens (primary N) is 1. The van der Waals surface area contributed by atoms with Crippen LogP contribution >= 0.6 is 22.7 Å². The first-order valence-electron chi connectivity index (χ1n) is 18.0. The molecule has 288 valence electrons. The van der Waals surface area contributed by atoms with Crippen molar-refractivity contribution in [3.05, 3.63) is 155 Å². The molecule has 3 N–H and O–H groups in total. The van der Waals surface area contributed by atoms with Crippen LogP contribution < -0.4 is 5.73 Å². The second-order valence-electron chi connectivity index (χ2n) is 12.5. The molecule has 12 nitrogen and oxygen atoms in total. The molecule has 0 atom stereocenters. The van der Waals surface area contributed by atoms with Crippen LogP contribution in [0, 0.1) is 13.8 Å². The largest absolute Gasteiger partial charge is 0.478 e. The number of thiazole rings is 2. The molecule has 4 aromatic heterocycles. The van der Waals surface area contributed by atoms with Gasteiger partial charge in [0, 0.05) is 55.8 Å². The number of carboxylic acid groups (broad SMARTS) is 1. The Balaban J connectivity index is 0.000000159. The summed E-state index contributed by atoms with van der Waals surface area (Å²) in [4.78, 5) is 42.7. The van der Waals surface area contributed by atoms with Crippen LogP contribution in [-0.4, -0.2) is 53.7 Å². The van der Waals surface area contributed by atoms with Crippen molar-refractivity contribution in [2.45, 2.75) is 39.5 Å². The number of hydrogen-bond donors (Lipinski definition) is 2. The number of rotatable bonds is 12. The van der Waals surface area contributed by atoms with E-state index in [2.05, 4.69) is 54.5 Å². The van der Waals surface area contributed by atoms with Crippen molar-refractivity contribution in [2.24, 2.45) is 5.73 Å². The summed E-state index contributed by atoms with van der Waals surface area (Å²) in [6.07, 6.45) is 6.75. The lowest BCUT2D eigenvalue weighted by molar-refractivity contribution is 0.0696. The first-order valence-corrected chi connectivity index (χ1v) is 19.7. The molecule has 0 spiro atoms. The molecule has 14 heteroatoms. The lowest BCUT2D eigenvalue weighted by Crippen LogP contribution is -2.01. The highest BCUT2D eigenvalue weighted by Crippen LogP contribution is 2.28. The predicted octanol–water partition coefficient (Wildman–Crippen LogP) is 9.43. The molecule has 0 saturated heterocycles. The molecule has 8 rings (SSSR count). The number of carbonyl (C=O) groups is 2. The number of aryl methyl sites for hydroxylation is 3. The highest BCUT2D eigenvalue weighted by molar-refractivity contribution is 7.15.